The maximum Gasteiger partial charge on any atom is 1.00 e. The van der Waals surface area contributed by atoms with Crippen LogP contribution in [0.1, 0.15) is 95.5 Å². The van der Waals surface area contributed by atoms with Crippen LogP contribution in [-0.4, -0.2) is 119 Å². The number of para-hydroxylation sites is 1. The second-order valence-electron chi connectivity index (χ2n) is 23.4. The number of carbonyl (C=O) groups is 2. The zero-order valence-corrected chi connectivity index (χ0v) is 72.9. The number of benzene rings is 6. The first-order chi connectivity index (χ1) is 49.3. The third kappa shape index (κ3) is 73.9. The molecule has 0 amide bonds. The van der Waals surface area contributed by atoms with E-state index in [9.17, 15) is 41.9 Å². The van der Waals surface area contributed by atoms with Gasteiger partial charge in [0.25, 0.3) is 0 Å². The van der Waals surface area contributed by atoms with Gasteiger partial charge in [0.15, 0.2) is 6.49 Å². The topological polar surface area (TPSA) is 339 Å². The predicted molar refractivity (Wildman–Crippen MR) is 414 cm³/mol. The number of rotatable bonds is 34. The van der Waals surface area contributed by atoms with Crippen molar-refractivity contribution < 1.29 is 133 Å². The monoisotopic (exact) mass is 1680 g/mol. The molecule has 6 aromatic rings. The Labute approximate surface area is 668 Å². The average Bonchev–Trinajstić information content (AvgIpc) is 0.838. The Morgan fingerprint density at radius 1 is 0.434 bits per heavy atom. The van der Waals surface area contributed by atoms with Crippen molar-refractivity contribution >= 4 is 118 Å². The summed E-state index contributed by atoms with van der Waals surface area (Å²) in [5.41, 5.74) is 5.28. The first-order valence-electron chi connectivity index (χ1n) is 32.4. The van der Waals surface area contributed by atoms with Crippen molar-refractivity contribution in [3.05, 3.63) is 210 Å². The number of ether oxygens (including phenoxy) is 5. The molecule has 1 N–H and O–H groups in total. The van der Waals surface area contributed by atoms with E-state index in [0.717, 1.165) is 59.4 Å². The molecule has 0 heterocycles. The van der Waals surface area contributed by atoms with Crippen molar-refractivity contribution in [3.8, 4) is 5.75 Å². The van der Waals surface area contributed by atoms with Gasteiger partial charge in [-0.15, -0.1) is 0 Å². The number of hydrogen-bond acceptors (Lipinski definition) is 23. The van der Waals surface area contributed by atoms with Crippen LogP contribution in [0.15, 0.2) is 182 Å². The van der Waals surface area contributed by atoms with Crippen LogP contribution >= 0.6 is 89.3 Å². The van der Waals surface area contributed by atoms with Gasteiger partial charge in [-0.3, -0.25) is 14.2 Å². The fourth-order valence-electron chi connectivity index (χ4n) is 7.40. The second-order valence-corrected chi connectivity index (χ2v) is 42.4. The van der Waals surface area contributed by atoms with Gasteiger partial charge in [0.05, 0.1) is 58.2 Å². The summed E-state index contributed by atoms with van der Waals surface area (Å²) >= 11 is 19.7. The zero-order valence-electron chi connectivity index (χ0n) is 62.5. The minimum Gasteiger partial charge on any atom is -0.798 e. The van der Waals surface area contributed by atoms with E-state index in [0.29, 0.717) is 69.4 Å². The molecule has 0 radical (unpaired) electrons. The van der Waals surface area contributed by atoms with Crippen molar-refractivity contribution in [2.24, 2.45) is 11.8 Å². The zero-order chi connectivity index (χ0) is 80.7. The quantitative estimate of drug-likeness (QED) is 0.0129. The van der Waals surface area contributed by atoms with Gasteiger partial charge >= 0.3 is 66.1 Å². The van der Waals surface area contributed by atoms with E-state index in [4.69, 9.17) is 84.3 Å². The molecule has 23 nitrogen and oxygen atoms in total. The molecular weight excluding hydrogens is 1580 g/mol. The molecule has 0 aliphatic carbocycles. The van der Waals surface area contributed by atoms with Crippen LogP contribution in [0.2, 0.25) is 0 Å². The van der Waals surface area contributed by atoms with E-state index in [1.54, 1.807) is 31.2 Å². The molecule has 0 saturated heterocycles. The number of carbonyl (C=O) groups excluding carboxylic acids is 8. The summed E-state index contributed by atoms with van der Waals surface area (Å²) in [5, 5.41) is -2.28. The number of hydrogen-bond donors (Lipinski definition) is 1. The largest absolute Gasteiger partial charge is 1.00 e. The van der Waals surface area contributed by atoms with Crippen LogP contribution in [0.3, 0.4) is 0 Å². The Balaban J connectivity index is -0.000000379. The molecular formula is C72H102Cl4NNaO22P6. The van der Waals surface area contributed by atoms with Gasteiger partial charge in [-0.25, -0.2) is 13.7 Å². The summed E-state index contributed by atoms with van der Waals surface area (Å²) in [6.07, 6.45) is 6.30. The molecule has 0 aromatic heterocycles. The van der Waals surface area contributed by atoms with Crippen LogP contribution in [0.25, 0.3) is 0 Å². The van der Waals surface area contributed by atoms with Gasteiger partial charge in [0, 0.05) is 39.1 Å². The van der Waals surface area contributed by atoms with Crippen molar-refractivity contribution in [3.63, 3.8) is 0 Å². The Bertz CT molecular complexity index is 3420. The van der Waals surface area contributed by atoms with Gasteiger partial charge in [-0.2, -0.15) is 28.8 Å². The summed E-state index contributed by atoms with van der Waals surface area (Å²) in [4.78, 5) is 80.9. The van der Waals surface area contributed by atoms with Crippen LogP contribution in [0.5, 0.6) is 5.75 Å². The fraction of sp³-hybridized carbons (Fsp3) is 0.431. The van der Waals surface area contributed by atoms with E-state index < -0.39 is 53.6 Å². The van der Waals surface area contributed by atoms with Gasteiger partial charge < -0.3 is 51.4 Å². The molecule has 6 aromatic carbocycles. The van der Waals surface area contributed by atoms with Gasteiger partial charge in [-0.05, 0) is 120 Å². The van der Waals surface area contributed by atoms with Crippen LogP contribution < -0.4 is 43.8 Å². The second kappa shape index (κ2) is 67.7. The van der Waals surface area contributed by atoms with E-state index in [1.165, 1.54) is 20.0 Å². The minimum atomic E-state index is -3.50. The molecule has 106 heavy (non-hydrogen) atoms. The Kier molecular flexibility index (Phi) is 70.5. The summed E-state index contributed by atoms with van der Waals surface area (Å²) in [5.74, 6) is 1.46. The molecule has 0 fully saturated rings. The van der Waals surface area contributed by atoms with E-state index in [1.807, 2.05) is 178 Å². The minimum absolute atomic E-state index is 0. The summed E-state index contributed by atoms with van der Waals surface area (Å²) < 4.78 is 109. The van der Waals surface area contributed by atoms with Crippen molar-refractivity contribution in [2.75, 3.05) is 83.5 Å². The maximum absolute atomic E-state index is 12.7. The van der Waals surface area contributed by atoms with Crippen LogP contribution in [0, 0.1) is 11.8 Å². The van der Waals surface area contributed by atoms with Crippen molar-refractivity contribution in [1.82, 2.24) is 4.84 Å². The van der Waals surface area contributed by atoms with Crippen molar-refractivity contribution in [2.45, 2.75) is 107 Å². The smallest absolute Gasteiger partial charge is 0.798 e. The van der Waals surface area contributed by atoms with Crippen LogP contribution in [0.4, 0.5) is 0 Å². The van der Waals surface area contributed by atoms with E-state index in [-0.39, 0.29) is 73.2 Å². The molecule has 0 bridgehead atoms. The molecule has 9 atom stereocenters. The SMILES string of the molecule is CCP(=O)(Oc1ccccc1)OP(C)(=O)COCc1ccccc1.CC[C@H](C)C[P@@](C)(=O)COCc1ccccc1.CC[C@H](C)C[P@](C)(=O)COCc1ccccc1.CC[C@H](C)NCl.CP(=O)(Cl)COCc1ccccc1.CP(=O)([O-])COCc1ccccc1.O=C(Cl)C(=O)Cl.O=C=O.O=C=O.O=C=O.[Na+]. The molecule has 0 saturated carbocycles. The Morgan fingerprint density at radius 3 is 0.906 bits per heavy atom. The van der Waals surface area contributed by atoms with E-state index in [2.05, 4.69) is 62.7 Å². The molecule has 0 aliphatic heterocycles. The van der Waals surface area contributed by atoms with Gasteiger partial charge in [-0.1, -0.05) is 235 Å². The molecule has 6 rings (SSSR count). The van der Waals surface area contributed by atoms with Crippen LogP contribution in [-0.2, 0) is 127 Å². The van der Waals surface area contributed by atoms with E-state index >= 15 is 0 Å². The van der Waals surface area contributed by atoms with Crippen molar-refractivity contribution in [1.29, 1.82) is 0 Å². The summed E-state index contributed by atoms with van der Waals surface area (Å²) in [6, 6.07) is 57.9. The Hall–Kier alpha value is -4.18. The third-order valence-corrected chi connectivity index (χ3v) is 23.6. The molecule has 34 heteroatoms. The van der Waals surface area contributed by atoms with Gasteiger partial charge in [0.1, 0.15) is 32.7 Å². The molecule has 0 spiro atoms. The third-order valence-electron chi connectivity index (χ3n) is 12.7. The maximum atomic E-state index is 12.7. The first-order valence-corrected chi connectivity index (χ1v) is 48.1. The molecule has 4 unspecified atom stereocenters. The first kappa shape index (κ1) is 110. The normalized spacial score (nSPS) is 14.1. The van der Waals surface area contributed by atoms with Gasteiger partial charge in [0.2, 0.25) is 7.37 Å². The summed E-state index contributed by atoms with van der Waals surface area (Å²) in [6.45, 7) is 21.8. The molecule has 586 valence electrons. The average molecular weight is 1680 g/mol. The molecule has 0 aliphatic rings. The number of halogens is 4. The standard InChI is InChI=1S/C17H22O5P2.2C14H23O2P.C9H12ClO2P.C9H13O3P.C4H10ClN.C2Cl2O2.3CO2.Na/c1-3-24(19,21-17-12-8-5-9-13-17)22-23(2,18)15-20-14-16-10-6-4-7-11-16;2*1-4-13(2)11-17(3,15)12-16-10-14-8-6-5-7-9-14;2*1-13(10,11)8-12-7-9-5-3-2-4-6-9;1-3-4(2)6-5;3-1(5)2(4)6;3*2-1-3;/h4-13H,3,14-15H2,1-2H3;2*5-9,13H,4,10-12H2,1-3H3;2-6H,7-8H2,1H3;2-6H,7-8H2,1H3,(H,10,11);4,6H,3H2,1-2H3;;;;;/q;;;;;;;;;;+1/p-1/t;13-,17+;13-,17-;;;4-;;;;;/m.00..0...../s1. The summed E-state index contributed by atoms with van der Waals surface area (Å²) in [7, 11) is -14.2. The number of nitrogens with one attached hydrogen (secondary N) is 1. The predicted octanol–water partition coefficient (Wildman–Crippen LogP) is 15.8. The Morgan fingerprint density at radius 2 is 0.689 bits per heavy atom. The fourth-order valence-corrected chi connectivity index (χ4v) is 16.8.